The first-order chi connectivity index (χ1) is 28.7. The zero-order chi connectivity index (χ0) is 38.7. The summed E-state index contributed by atoms with van der Waals surface area (Å²) in [5, 5.41) is 9.77. The number of fused-ring (bicyclic) bond motifs is 1. The van der Waals surface area contributed by atoms with E-state index in [4.69, 9.17) is 15.0 Å². The van der Waals surface area contributed by atoms with Crippen LogP contribution in [0.4, 0.5) is 0 Å². The minimum absolute atomic E-state index is 0.0145. The fourth-order valence-electron chi connectivity index (χ4n) is 7.92. The maximum atomic E-state index is 5.24. The number of aliphatic imine (C=N–C) groups is 3. The fraction of sp³-hybridized carbons (Fsp3) is 0.0377. The number of nitrogens with one attached hydrogen (secondary N) is 2. The van der Waals surface area contributed by atoms with Gasteiger partial charge in [-0.3, -0.25) is 0 Å². The van der Waals surface area contributed by atoms with Gasteiger partial charge in [-0.05, 0) is 50.2 Å². The van der Waals surface area contributed by atoms with E-state index in [1.807, 2.05) is 30.3 Å². The van der Waals surface area contributed by atoms with Crippen molar-refractivity contribution < 1.29 is 0 Å². The molecule has 0 saturated carbocycles. The quantitative estimate of drug-likeness (QED) is 0.163. The van der Waals surface area contributed by atoms with Crippen molar-refractivity contribution in [3.63, 3.8) is 0 Å². The highest BCUT2D eigenvalue weighted by Gasteiger charge is 2.25. The Morgan fingerprint density at radius 1 is 0.379 bits per heavy atom. The summed E-state index contributed by atoms with van der Waals surface area (Å²) in [6.45, 7) is 0. The van der Waals surface area contributed by atoms with Crippen molar-refractivity contribution in [1.82, 2.24) is 10.6 Å². The summed E-state index contributed by atoms with van der Waals surface area (Å²) in [5.41, 5.74) is 11.8. The first-order valence-electron chi connectivity index (χ1n) is 19.7. The molecule has 10 rings (SSSR count). The largest absolute Gasteiger partial charge is 0.359 e. The summed E-state index contributed by atoms with van der Waals surface area (Å²) in [4.78, 5) is 15.5. The van der Waals surface area contributed by atoms with Gasteiger partial charge in [0, 0.05) is 22.3 Å². The molecule has 5 heteroatoms. The number of benzene rings is 8. The predicted octanol–water partition coefficient (Wildman–Crippen LogP) is 11.8. The van der Waals surface area contributed by atoms with Crippen LogP contribution in [0.2, 0.25) is 0 Å². The van der Waals surface area contributed by atoms with Crippen LogP contribution in [0, 0.1) is 0 Å². The SMILES string of the molecule is C1=C(c2ccccc2)N=C(c2ccc(-c3ccccc3-c3c(C4=NC(c5ccccc5)=NC(c5ccccc5)N4)ccc4ccccc34)cc2)NC1c1ccccc1. The van der Waals surface area contributed by atoms with E-state index in [9.17, 15) is 0 Å². The maximum absolute atomic E-state index is 5.24. The van der Waals surface area contributed by atoms with Gasteiger partial charge in [-0.25, -0.2) is 15.0 Å². The molecule has 2 unspecified atom stereocenters. The van der Waals surface area contributed by atoms with E-state index >= 15 is 0 Å². The molecule has 0 aromatic heterocycles. The van der Waals surface area contributed by atoms with Crippen molar-refractivity contribution in [2.75, 3.05) is 0 Å². The summed E-state index contributed by atoms with van der Waals surface area (Å²) in [5.74, 6) is 2.33. The van der Waals surface area contributed by atoms with Crippen molar-refractivity contribution in [3.8, 4) is 22.3 Å². The second-order valence-corrected chi connectivity index (χ2v) is 14.5. The van der Waals surface area contributed by atoms with E-state index < -0.39 is 0 Å². The Hall–Kier alpha value is -7.63. The molecule has 0 fully saturated rings. The molecule has 2 aliphatic heterocycles. The zero-order valence-corrected chi connectivity index (χ0v) is 31.7. The van der Waals surface area contributed by atoms with E-state index in [2.05, 4.69) is 193 Å². The molecule has 0 aliphatic carbocycles. The van der Waals surface area contributed by atoms with Crippen LogP contribution < -0.4 is 10.6 Å². The second kappa shape index (κ2) is 15.5. The smallest absolute Gasteiger partial charge is 0.159 e. The monoisotopic (exact) mass is 745 g/mol. The van der Waals surface area contributed by atoms with Crippen LogP contribution in [0.25, 0.3) is 38.7 Å². The molecule has 2 heterocycles. The van der Waals surface area contributed by atoms with Gasteiger partial charge in [-0.1, -0.05) is 206 Å². The molecule has 0 amide bonds. The third-order valence-electron chi connectivity index (χ3n) is 10.8. The molecule has 8 aromatic rings. The average Bonchev–Trinajstić information content (AvgIpc) is 3.32. The molecule has 0 radical (unpaired) electrons. The Morgan fingerprint density at radius 3 is 1.69 bits per heavy atom. The molecule has 0 bridgehead atoms. The van der Waals surface area contributed by atoms with Crippen molar-refractivity contribution >= 4 is 34.0 Å². The molecule has 2 aliphatic rings. The lowest BCUT2D eigenvalue weighted by Gasteiger charge is -2.26. The molecule has 5 nitrogen and oxygen atoms in total. The van der Waals surface area contributed by atoms with E-state index in [0.29, 0.717) is 5.84 Å². The van der Waals surface area contributed by atoms with Crippen LogP contribution in [0.3, 0.4) is 0 Å². The number of hydrogen-bond acceptors (Lipinski definition) is 5. The highest BCUT2D eigenvalue weighted by molar-refractivity contribution is 6.19. The van der Waals surface area contributed by atoms with E-state index in [-0.39, 0.29) is 12.2 Å². The zero-order valence-electron chi connectivity index (χ0n) is 31.7. The van der Waals surface area contributed by atoms with Gasteiger partial charge in [-0.15, -0.1) is 0 Å². The molecular weight excluding hydrogens is 707 g/mol. The van der Waals surface area contributed by atoms with Crippen molar-refractivity contribution in [1.29, 1.82) is 0 Å². The van der Waals surface area contributed by atoms with Gasteiger partial charge in [0.05, 0.1) is 11.7 Å². The Kier molecular flexibility index (Phi) is 9.30. The van der Waals surface area contributed by atoms with Crippen molar-refractivity contribution in [3.05, 3.63) is 246 Å². The average molecular weight is 746 g/mol. The normalized spacial score (nSPS) is 16.3. The van der Waals surface area contributed by atoms with Crippen LogP contribution in [-0.4, -0.2) is 17.5 Å². The molecule has 2 N–H and O–H groups in total. The third-order valence-corrected chi connectivity index (χ3v) is 10.8. The van der Waals surface area contributed by atoms with Gasteiger partial charge in [-0.2, -0.15) is 0 Å². The maximum Gasteiger partial charge on any atom is 0.159 e. The molecule has 58 heavy (non-hydrogen) atoms. The summed E-state index contributed by atoms with van der Waals surface area (Å²) in [6, 6.07) is 72.0. The van der Waals surface area contributed by atoms with E-state index in [1.54, 1.807) is 0 Å². The Balaban J connectivity index is 1.07. The second-order valence-electron chi connectivity index (χ2n) is 14.5. The van der Waals surface area contributed by atoms with E-state index in [0.717, 1.165) is 78.2 Å². The van der Waals surface area contributed by atoms with Gasteiger partial charge in [0.15, 0.2) is 5.84 Å². The van der Waals surface area contributed by atoms with Crippen molar-refractivity contribution in [2.45, 2.75) is 12.2 Å². The fourth-order valence-corrected chi connectivity index (χ4v) is 7.92. The van der Waals surface area contributed by atoms with Gasteiger partial charge in [0.2, 0.25) is 0 Å². The lowest BCUT2D eigenvalue weighted by atomic mass is 9.87. The summed E-state index contributed by atoms with van der Waals surface area (Å²) in [7, 11) is 0. The topological polar surface area (TPSA) is 61.1 Å². The van der Waals surface area contributed by atoms with Gasteiger partial charge < -0.3 is 10.6 Å². The lowest BCUT2D eigenvalue weighted by Crippen LogP contribution is -2.34. The highest BCUT2D eigenvalue weighted by Crippen LogP contribution is 2.40. The van der Waals surface area contributed by atoms with E-state index in [1.165, 1.54) is 5.56 Å². The lowest BCUT2D eigenvalue weighted by molar-refractivity contribution is 0.674. The first kappa shape index (κ1) is 34.8. The predicted molar refractivity (Wildman–Crippen MR) is 240 cm³/mol. The number of amidine groups is 3. The molecule has 0 saturated heterocycles. The summed E-state index contributed by atoms with van der Waals surface area (Å²) >= 11 is 0. The standard InChI is InChI=1S/C53H39N5/c1-5-18-38(19-6-1)47-35-48(39-20-7-2-8-21-39)55-50(54-47)42-31-29-37(30-32-42)43-26-15-16-28-45(43)49-44-27-14-13-17-36(44)33-34-46(49)53-57-51(40-22-9-3-10-23-40)56-52(58-53)41-24-11-4-12-25-41/h1-35,47,51H,(H,54,55)(H,56,57,58). The van der Waals surface area contributed by atoms with Crippen LogP contribution in [0.1, 0.15) is 45.6 Å². The van der Waals surface area contributed by atoms with Crippen LogP contribution in [0.5, 0.6) is 0 Å². The number of nitrogens with zero attached hydrogens (tertiary/aromatic N) is 3. The molecule has 0 spiro atoms. The Bertz CT molecular complexity index is 2860. The minimum atomic E-state index is -0.305. The summed E-state index contributed by atoms with van der Waals surface area (Å²) in [6.07, 6.45) is 1.91. The van der Waals surface area contributed by atoms with Gasteiger partial charge >= 0.3 is 0 Å². The number of hydrogen-bond donors (Lipinski definition) is 2. The van der Waals surface area contributed by atoms with Crippen molar-refractivity contribution in [2.24, 2.45) is 15.0 Å². The van der Waals surface area contributed by atoms with Crippen LogP contribution in [0.15, 0.2) is 227 Å². The van der Waals surface area contributed by atoms with Crippen LogP contribution >= 0.6 is 0 Å². The Labute approximate surface area is 338 Å². The number of rotatable bonds is 8. The summed E-state index contributed by atoms with van der Waals surface area (Å²) < 4.78 is 0. The first-order valence-corrected chi connectivity index (χ1v) is 19.7. The highest BCUT2D eigenvalue weighted by atomic mass is 15.2. The minimum Gasteiger partial charge on any atom is -0.359 e. The molecule has 2 atom stereocenters. The van der Waals surface area contributed by atoms with Gasteiger partial charge in [0.1, 0.15) is 17.8 Å². The molecule has 276 valence electrons. The van der Waals surface area contributed by atoms with Gasteiger partial charge in [0.25, 0.3) is 0 Å². The third kappa shape index (κ3) is 6.91. The van der Waals surface area contributed by atoms with Crippen LogP contribution in [-0.2, 0) is 0 Å². The molecule has 8 aromatic carbocycles. The molecular formula is C53H39N5. The Morgan fingerprint density at radius 2 is 0.966 bits per heavy atom.